The molecule has 0 radical (unpaired) electrons. The van der Waals surface area contributed by atoms with Crippen molar-refractivity contribution in [3.8, 4) is 0 Å². The van der Waals surface area contributed by atoms with E-state index in [9.17, 15) is 4.79 Å². The molecule has 1 aromatic heterocycles. The van der Waals surface area contributed by atoms with Gasteiger partial charge in [-0.1, -0.05) is 11.6 Å². The topological polar surface area (TPSA) is 64.2 Å². The summed E-state index contributed by atoms with van der Waals surface area (Å²) in [4.78, 5) is 13.8. The predicted octanol–water partition coefficient (Wildman–Crippen LogP) is 0.607. The smallest absolute Gasteiger partial charge is 0.287 e. The van der Waals surface area contributed by atoms with Crippen LogP contribution in [0.15, 0.2) is 11.0 Å². The van der Waals surface area contributed by atoms with Gasteiger partial charge in [0.05, 0.1) is 11.9 Å². The van der Waals surface area contributed by atoms with E-state index in [0.29, 0.717) is 5.92 Å². The van der Waals surface area contributed by atoms with E-state index in [4.69, 9.17) is 17.3 Å². The number of nitrogens with two attached hydrogens (primary N) is 1. The van der Waals surface area contributed by atoms with E-state index in [0.717, 1.165) is 25.2 Å². The molecule has 5 nitrogen and oxygen atoms in total. The lowest BCUT2D eigenvalue weighted by Gasteiger charge is -2.20. The van der Waals surface area contributed by atoms with Crippen LogP contribution in [0.25, 0.3) is 0 Å². The van der Waals surface area contributed by atoms with E-state index in [2.05, 4.69) is 10.00 Å². The Hall–Kier alpha value is -1.07. The van der Waals surface area contributed by atoms with Crippen LogP contribution in [0.5, 0.6) is 0 Å². The standard InChI is InChI=1S/C11H17ClN4O/c1-7(13)8-3-4-16(6-8)9-5-14-15(2)11(17)10(9)12/h5,7-8H,3-4,6,13H2,1-2H3. The van der Waals surface area contributed by atoms with Crippen LogP contribution in [0.1, 0.15) is 13.3 Å². The quantitative estimate of drug-likeness (QED) is 0.842. The summed E-state index contributed by atoms with van der Waals surface area (Å²) in [5.41, 5.74) is 6.35. The Bertz CT molecular complexity index is 471. The van der Waals surface area contributed by atoms with Gasteiger partial charge in [-0.2, -0.15) is 5.10 Å². The summed E-state index contributed by atoms with van der Waals surface area (Å²) < 4.78 is 1.24. The molecule has 0 aromatic carbocycles. The lowest BCUT2D eigenvalue weighted by Crippen LogP contribution is -2.31. The minimum absolute atomic E-state index is 0.165. The second-order valence-electron chi connectivity index (χ2n) is 4.63. The summed E-state index contributed by atoms with van der Waals surface area (Å²) in [6.07, 6.45) is 2.68. The second kappa shape index (κ2) is 4.66. The van der Waals surface area contributed by atoms with Crippen molar-refractivity contribution in [2.45, 2.75) is 19.4 Å². The fourth-order valence-corrected chi connectivity index (χ4v) is 2.45. The first kappa shape index (κ1) is 12.4. The molecule has 1 fully saturated rings. The molecule has 17 heavy (non-hydrogen) atoms. The van der Waals surface area contributed by atoms with Gasteiger partial charge in [0.15, 0.2) is 0 Å². The minimum Gasteiger partial charge on any atom is -0.369 e. The highest BCUT2D eigenvalue weighted by atomic mass is 35.5. The van der Waals surface area contributed by atoms with Crippen LogP contribution in [-0.2, 0) is 7.05 Å². The SMILES string of the molecule is CC(N)C1CCN(c2cnn(C)c(=O)c2Cl)C1. The number of nitrogens with zero attached hydrogens (tertiary/aromatic N) is 3. The minimum atomic E-state index is -0.256. The van der Waals surface area contributed by atoms with Gasteiger partial charge in [0, 0.05) is 26.2 Å². The van der Waals surface area contributed by atoms with Crippen molar-refractivity contribution in [3.05, 3.63) is 21.6 Å². The van der Waals surface area contributed by atoms with Crippen LogP contribution in [-0.4, -0.2) is 28.9 Å². The molecular formula is C11H17ClN4O. The molecule has 1 saturated heterocycles. The summed E-state index contributed by atoms with van der Waals surface area (Å²) in [5.74, 6) is 0.454. The highest BCUT2D eigenvalue weighted by Gasteiger charge is 2.27. The fraction of sp³-hybridized carbons (Fsp3) is 0.636. The predicted molar refractivity (Wildman–Crippen MR) is 68.5 cm³/mol. The third kappa shape index (κ3) is 2.30. The molecule has 0 spiro atoms. The number of rotatable bonds is 2. The Morgan fingerprint density at radius 1 is 1.65 bits per heavy atom. The zero-order valence-corrected chi connectivity index (χ0v) is 10.8. The summed E-state index contributed by atoms with van der Waals surface area (Å²) in [6, 6.07) is 0.165. The molecular weight excluding hydrogens is 240 g/mol. The van der Waals surface area contributed by atoms with Crippen molar-refractivity contribution in [1.29, 1.82) is 0 Å². The molecule has 0 bridgehead atoms. The maximum absolute atomic E-state index is 11.7. The van der Waals surface area contributed by atoms with Gasteiger partial charge < -0.3 is 10.6 Å². The highest BCUT2D eigenvalue weighted by Crippen LogP contribution is 2.28. The number of aromatic nitrogens is 2. The average molecular weight is 257 g/mol. The van der Waals surface area contributed by atoms with Crippen molar-refractivity contribution in [2.24, 2.45) is 18.7 Å². The molecule has 2 heterocycles. The van der Waals surface area contributed by atoms with E-state index >= 15 is 0 Å². The van der Waals surface area contributed by atoms with Gasteiger partial charge in [-0.15, -0.1) is 0 Å². The van der Waals surface area contributed by atoms with Crippen molar-refractivity contribution in [2.75, 3.05) is 18.0 Å². The number of anilines is 1. The third-order valence-electron chi connectivity index (χ3n) is 3.37. The largest absolute Gasteiger partial charge is 0.369 e. The van der Waals surface area contributed by atoms with Crippen molar-refractivity contribution >= 4 is 17.3 Å². The average Bonchev–Trinajstić information content (AvgIpc) is 2.75. The summed E-state index contributed by atoms with van der Waals surface area (Å²) in [6.45, 7) is 3.73. The van der Waals surface area contributed by atoms with Gasteiger partial charge in [-0.25, -0.2) is 4.68 Å². The first-order valence-electron chi connectivity index (χ1n) is 5.73. The van der Waals surface area contributed by atoms with E-state index in [1.165, 1.54) is 4.68 Å². The zero-order chi connectivity index (χ0) is 12.6. The second-order valence-corrected chi connectivity index (χ2v) is 5.00. The Labute approximate surface area is 105 Å². The number of hydrogen-bond donors (Lipinski definition) is 1. The van der Waals surface area contributed by atoms with Crippen LogP contribution >= 0.6 is 11.6 Å². The van der Waals surface area contributed by atoms with Crippen LogP contribution in [0.3, 0.4) is 0 Å². The summed E-state index contributed by atoms with van der Waals surface area (Å²) in [5, 5.41) is 4.24. The van der Waals surface area contributed by atoms with Crippen LogP contribution in [0.4, 0.5) is 5.69 Å². The number of aryl methyl sites for hydroxylation is 1. The van der Waals surface area contributed by atoms with Gasteiger partial charge in [-0.3, -0.25) is 4.79 Å². The Morgan fingerprint density at radius 3 is 2.94 bits per heavy atom. The van der Waals surface area contributed by atoms with Gasteiger partial charge in [-0.05, 0) is 19.3 Å². The van der Waals surface area contributed by atoms with Gasteiger partial charge in [0.25, 0.3) is 5.56 Å². The van der Waals surface area contributed by atoms with Crippen LogP contribution < -0.4 is 16.2 Å². The van der Waals surface area contributed by atoms with Gasteiger partial charge >= 0.3 is 0 Å². The van der Waals surface area contributed by atoms with E-state index < -0.39 is 0 Å². The lowest BCUT2D eigenvalue weighted by molar-refractivity contribution is 0.488. The molecule has 2 atom stereocenters. The Morgan fingerprint density at radius 2 is 2.35 bits per heavy atom. The van der Waals surface area contributed by atoms with E-state index in [-0.39, 0.29) is 16.6 Å². The molecule has 0 amide bonds. The number of halogens is 1. The molecule has 94 valence electrons. The Balaban J connectivity index is 2.25. The molecule has 2 N–H and O–H groups in total. The van der Waals surface area contributed by atoms with E-state index in [1.54, 1.807) is 13.2 Å². The molecule has 0 saturated carbocycles. The van der Waals surface area contributed by atoms with Gasteiger partial charge in [0.2, 0.25) is 0 Å². The first-order chi connectivity index (χ1) is 8.00. The molecule has 2 rings (SSSR count). The summed E-state index contributed by atoms with van der Waals surface area (Å²) in [7, 11) is 1.59. The van der Waals surface area contributed by atoms with Crippen LogP contribution in [0, 0.1) is 5.92 Å². The van der Waals surface area contributed by atoms with E-state index in [1.807, 2.05) is 6.92 Å². The summed E-state index contributed by atoms with van der Waals surface area (Å²) >= 11 is 6.06. The first-order valence-corrected chi connectivity index (χ1v) is 6.11. The maximum Gasteiger partial charge on any atom is 0.287 e. The molecule has 1 aliphatic rings. The molecule has 1 aromatic rings. The Kier molecular flexibility index (Phi) is 3.40. The zero-order valence-electron chi connectivity index (χ0n) is 10.1. The molecule has 2 unspecified atom stereocenters. The highest BCUT2D eigenvalue weighted by molar-refractivity contribution is 6.33. The lowest BCUT2D eigenvalue weighted by atomic mass is 10.0. The molecule has 1 aliphatic heterocycles. The van der Waals surface area contributed by atoms with Crippen molar-refractivity contribution in [3.63, 3.8) is 0 Å². The third-order valence-corrected chi connectivity index (χ3v) is 3.72. The number of hydrogen-bond acceptors (Lipinski definition) is 4. The molecule has 0 aliphatic carbocycles. The van der Waals surface area contributed by atoms with Crippen molar-refractivity contribution < 1.29 is 0 Å². The normalized spacial score (nSPS) is 21.9. The van der Waals surface area contributed by atoms with Crippen molar-refractivity contribution in [1.82, 2.24) is 9.78 Å². The molecule has 6 heteroatoms. The maximum atomic E-state index is 11.7. The monoisotopic (exact) mass is 256 g/mol. The van der Waals surface area contributed by atoms with Crippen LogP contribution in [0.2, 0.25) is 5.02 Å². The fourth-order valence-electron chi connectivity index (χ4n) is 2.16. The van der Waals surface area contributed by atoms with Gasteiger partial charge in [0.1, 0.15) is 5.02 Å².